The van der Waals surface area contributed by atoms with Gasteiger partial charge in [-0.2, -0.15) is 0 Å². The molecule has 0 bridgehead atoms. The molecule has 2 aliphatic rings. The molecule has 0 aliphatic carbocycles. The SMILES string of the molecule is CC(=O)N1CCc2cc(C(=O)NC[C@H]3CCOC3)ccc21. The topological polar surface area (TPSA) is 58.6 Å². The van der Waals surface area contributed by atoms with E-state index in [1.165, 1.54) is 0 Å². The number of carbonyl (C=O) groups is 2. The van der Waals surface area contributed by atoms with E-state index in [0.29, 0.717) is 24.6 Å². The Kier molecular flexibility index (Phi) is 3.92. The number of benzene rings is 1. The Morgan fingerprint density at radius 2 is 2.29 bits per heavy atom. The molecule has 0 unspecified atom stereocenters. The molecular formula is C16H20N2O3. The largest absolute Gasteiger partial charge is 0.381 e. The maximum Gasteiger partial charge on any atom is 0.251 e. The highest BCUT2D eigenvalue weighted by molar-refractivity contribution is 5.97. The molecule has 5 heteroatoms. The van der Waals surface area contributed by atoms with Gasteiger partial charge in [-0.25, -0.2) is 0 Å². The van der Waals surface area contributed by atoms with Gasteiger partial charge >= 0.3 is 0 Å². The number of carbonyl (C=O) groups excluding carboxylic acids is 2. The van der Waals surface area contributed by atoms with Gasteiger partial charge in [-0.1, -0.05) is 0 Å². The second kappa shape index (κ2) is 5.85. The van der Waals surface area contributed by atoms with Gasteiger partial charge < -0.3 is 15.0 Å². The molecule has 3 rings (SSSR count). The number of nitrogens with one attached hydrogen (secondary N) is 1. The average molecular weight is 288 g/mol. The van der Waals surface area contributed by atoms with Crippen LogP contribution in [0.4, 0.5) is 5.69 Å². The molecule has 5 nitrogen and oxygen atoms in total. The van der Waals surface area contributed by atoms with Crippen LogP contribution in [-0.4, -0.2) is 38.1 Å². The van der Waals surface area contributed by atoms with Crippen LogP contribution in [0.25, 0.3) is 0 Å². The van der Waals surface area contributed by atoms with Crippen LogP contribution in [0.5, 0.6) is 0 Å². The first kappa shape index (κ1) is 14.1. The highest BCUT2D eigenvalue weighted by Crippen LogP contribution is 2.28. The summed E-state index contributed by atoms with van der Waals surface area (Å²) < 4.78 is 5.30. The number of nitrogens with zero attached hydrogens (tertiary/aromatic N) is 1. The minimum atomic E-state index is -0.0500. The molecule has 21 heavy (non-hydrogen) atoms. The molecule has 1 N–H and O–H groups in total. The van der Waals surface area contributed by atoms with Crippen LogP contribution in [-0.2, 0) is 16.0 Å². The van der Waals surface area contributed by atoms with E-state index in [1.54, 1.807) is 17.9 Å². The van der Waals surface area contributed by atoms with Gasteiger partial charge in [0.15, 0.2) is 0 Å². The van der Waals surface area contributed by atoms with Gasteiger partial charge in [-0.3, -0.25) is 9.59 Å². The highest BCUT2D eigenvalue weighted by atomic mass is 16.5. The number of anilines is 1. The minimum Gasteiger partial charge on any atom is -0.381 e. The Morgan fingerprint density at radius 3 is 3.00 bits per heavy atom. The lowest BCUT2D eigenvalue weighted by atomic mass is 10.1. The summed E-state index contributed by atoms with van der Waals surface area (Å²) >= 11 is 0. The summed E-state index contributed by atoms with van der Waals surface area (Å²) in [6, 6.07) is 5.57. The fourth-order valence-electron chi connectivity index (χ4n) is 2.95. The summed E-state index contributed by atoms with van der Waals surface area (Å²) in [5.41, 5.74) is 2.67. The van der Waals surface area contributed by atoms with Gasteiger partial charge in [-0.05, 0) is 36.6 Å². The molecule has 1 aromatic carbocycles. The maximum absolute atomic E-state index is 12.2. The second-order valence-corrected chi connectivity index (χ2v) is 5.70. The lowest BCUT2D eigenvalue weighted by Gasteiger charge is -2.15. The van der Waals surface area contributed by atoms with E-state index in [-0.39, 0.29) is 11.8 Å². The highest BCUT2D eigenvalue weighted by Gasteiger charge is 2.23. The van der Waals surface area contributed by atoms with Crippen molar-refractivity contribution in [2.75, 3.05) is 31.2 Å². The van der Waals surface area contributed by atoms with E-state index in [9.17, 15) is 9.59 Å². The quantitative estimate of drug-likeness (QED) is 0.913. The van der Waals surface area contributed by atoms with E-state index in [1.807, 2.05) is 12.1 Å². The van der Waals surface area contributed by atoms with Crippen molar-refractivity contribution in [2.45, 2.75) is 19.8 Å². The van der Waals surface area contributed by atoms with Crippen molar-refractivity contribution in [3.05, 3.63) is 29.3 Å². The third kappa shape index (κ3) is 2.93. The first-order valence-electron chi connectivity index (χ1n) is 7.42. The molecule has 1 aromatic rings. The van der Waals surface area contributed by atoms with E-state index < -0.39 is 0 Å². The molecule has 112 valence electrons. The van der Waals surface area contributed by atoms with Crippen LogP contribution in [0.3, 0.4) is 0 Å². The Bertz CT molecular complexity index is 565. The lowest BCUT2D eigenvalue weighted by Crippen LogP contribution is -2.29. The zero-order valence-corrected chi connectivity index (χ0v) is 12.2. The molecule has 1 atom stereocenters. The second-order valence-electron chi connectivity index (χ2n) is 5.70. The fraction of sp³-hybridized carbons (Fsp3) is 0.500. The van der Waals surface area contributed by atoms with E-state index >= 15 is 0 Å². The third-order valence-corrected chi connectivity index (χ3v) is 4.19. The third-order valence-electron chi connectivity index (χ3n) is 4.19. The molecular weight excluding hydrogens is 268 g/mol. The van der Waals surface area contributed by atoms with Gasteiger partial charge in [-0.15, -0.1) is 0 Å². The standard InChI is InChI=1S/C16H20N2O3/c1-11(19)18-6-4-13-8-14(2-3-15(13)18)16(20)17-9-12-5-7-21-10-12/h2-3,8,12H,4-7,9-10H2,1H3,(H,17,20)/t12-/m1/s1. The summed E-state index contributed by atoms with van der Waals surface area (Å²) in [7, 11) is 0. The number of hydrogen-bond donors (Lipinski definition) is 1. The van der Waals surface area contributed by atoms with Crippen LogP contribution in [0.1, 0.15) is 29.3 Å². The van der Waals surface area contributed by atoms with Crippen molar-refractivity contribution in [1.29, 1.82) is 0 Å². The van der Waals surface area contributed by atoms with E-state index in [0.717, 1.165) is 37.3 Å². The molecule has 2 heterocycles. The lowest BCUT2D eigenvalue weighted by molar-refractivity contribution is -0.116. The first-order valence-corrected chi connectivity index (χ1v) is 7.42. The van der Waals surface area contributed by atoms with Crippen LogP contribution >= 0.6 is 0 Å². The number of fused-ring (bicyclic) bond motifs is 1. The van der Waals surface area contributed by atoms with Crippen molar-refractivity contribution < 1.29 is 14.3 Å². The molecule has 0 radical (unpaired) electrons. The first-order chi connectivity index (χ1) is 10.1. The summed E-state index contributed by atoms with van der Waals surface area (Å²) in [6.45, 7) is 4.46. The van der Waals surface area contributed by atoms with Crippen molar-refractivity contribution in [3.8, 4) is 0 Å². The zero-order valence-electron chi connectivity index (χ0n) is 12.2. The number of hydrogen-bond acceptors (Lipinski definition) is 3. The van der Waals surface area contributed by atoms with Crippen molar-refractivity contribution in [2.24, 2.45) is 5.92 Å². The van der Waals surface area contributed by atoms with Crippen LogP contribution in [0, 0.1) is 5.92 Å². The Morgan fingerprint density at radius 1 is 1.43 bits per heavy atom. The molecule has 0 saturated carbocycles. The van der Waals surface area contributed by atoms with Crippen molar-refractivity contribution >= 4 is 17.5 Å². The zero-order chi connectivity index (χ0) is 14.8. The molecule has 2 aliphatic heterocycles. The van der Waals surface area contributed by atoms with Crippen LogP contribution < -0.4 is 10.2 Å². The predicted molar refractivity (Wildman–Crippen MR) is 79.4 cm³/mol. The van der Waals surface area contributed by atoms with Crippen molar-refractivity contribution in [1.82, 2.24) is 5.32 Å². The molecule has 1 saturated heterocycles. The maximum atomic E-state index is 12.2. The van der Waals surface area contributed by atoms with Gasteiger partial charge in [0.05, 0.1) is 6.61 Å². The Balaban J connectivity index is 1.66. The number of amides is 2. The average Bonchev–Trinajstić information content (AvgIpc) is 3.13. The molecule has 2 amide bonds. The van der Waals surface area contributed by atoms with Crippen LogP contribution in [0.15, 0.2) is 18.2 Å². The monoisotopic (exact) mass is 288 g/mol. The van der Waals surface area contributed by atoms with E-state index in [2.05, 4.69) is 5.32 Å². The normalized spacial score (nSPS) is 20.4. The summed E-state index contributed by atoms with van der Waals surface area (Å²) in [4.78, 5) is 25.5. The summed E-state index contributed by atoms with van der Waals surface area (Å²) in [5.74, 6) is 0.426. The Hall–Kier alpha value is -1.88. The molecule has 1 fully saturated rings. The van der Waals surface area contributed by atoms with Crippen molar-refractivity contribution in [3.63, 3.8) is 0 Å². The van der Waals surface area contributed by atoms with E-state index in [4.69, 9.17) is 4.74 Å². The molecule has 0 spiro atoms. The number of ether oxygens (including phenoxy) is 1. The van der Waals surface area contributed by atoms with Gasteiger partial charge in [0.2, 0.25) is 5.91 Å². The molecule has 0 aromatic heterocycles. The fourth-order valence-corrected chi connectivity index (χ4v) is 2.95. The van der Waals surface area contributed by atoms with Gasteiger partial charge in [0, 0.05) is 43.8 Å². The minimum absolute atomic E-state index is 0.0483. The smallest absolute Gasteiger partial charge is 0.251 e. The summed E-state index contributed by atoms with van der Waals surface area (Å²) in [6.07, 6.45) is 1.82. The van der Waals surface area contributed by atoms with Gasteiger partial charge in [0.25, 0.3) is 5.91 Å². The summed E-state index contributed by atoms with van der Waals surface area (Å²) in [5, 5.41) is 2.97. The van der Waals surface area contributed by atoms with Crippen LogP contribution in [0.2, 0.25) is 0 Å². The van der Waals surface area contributed by atoms with Gasteiger partial charge in [0.1, 0.15) is 0 Å². The predicted octanol–water partition coefficient (Wildman–Crippen LogP) is 1.36. The Labute approximate surface area is 124 Å². The number of rotatable bonds is 3.